The van der Waals surface area contributed by atoms with Gasteiger partial charge in [0.25, 0.3) is 0 Å². The summed E-state index contributed by atoms with van der Waals surface area (Å²) in [5.74, 6) is 0.318. The molecule has 18 heavy (non-hydrogen) atoms. The molecule has 3 nitrogen and oxygen atoms in total. The van der Waals surface area contributed by atoms with Crippen molar-refractivity contribution >= 4 is 5.91 Å². The summed E-state index contributed by atoms with van der Waals surface area (Å²) in [7, 11) is 0. The third-order valence-electron chi connectivity index (χ3n) is 5.05. The molecule has 1 aliphatic heterocycles. The van der Waals surface area contributed by atoms with Gasteiger partial charge in [-0.25, -0.2) is 0 Å². The van der Waals surface area contributed by atoms with Gasteiger partial charge in [-0.2, -0.15) is 0 Å². The second kappa shape index (κ2) is 5.60. The summed E-state index contributed by atoms with van der Waals surface area (Å²) in [5, 5.41) is 6.82. The number of amides is 1. The summed E-state index contributed by atoms with van der Waals surface area (Å²) < 4.78 is 0. The van der Waals surface area contributed by atoms with Crippen molar-refractivity contribution in [1.82, 2.24) is 10.6 Å². The Hall–Kier alpha value is -0.570. The lowest BCUT2D eigenvalue weighted by Gasteiger charge is -2.46. The van der Waals surface area contributed by atoms with Crippen LogP contribution in [0.25, 0.3) is 0 Å². The Balaban J connectivity index is 2.03. The third-order valence-corrected chi connectivity index (χ3v) is 5.05. The van der Waals surface area contributed by atoms with Crippen molar-refractivity contribution in [1.29, 1.82) is 0 Å². The molecule has 2 rings (SSSR count). The molecule has 2 N–H and O–H groups in total. The van der Waals surface area contributed by atoms with E-state index in [0.717, 1.165) is 45.2 Å². The lowest BCUT2D eigenvalue weighted by atomic mass is 9.71. The van der Waals surface area contributed by atoms with E-state index in [1.54, 1.807) is 0 Å². The Morgan fingerprint density at radius 1 is 1.22 bits per heavy atom. The fourth-order valence-corrected chi connectivity index (χ4v) is 3.51. The summed E-state index contributed by atoms with van der Waals surface area (Å²) in [6.07, 6.45) is 8.99. The first kappa shape index (κ1) is 13.9. The Labute approximate surface area is 111 Å². The van der Waals surface area contributed by atoms with E-state index in [1.165, 1.54) is 19.3 Å². The number of rotatable bonds is 5. The van der Waals surface area contributed by atoms with Gasteiger partial charge in [-0.1, -0.05) is 20.3 Å². The monoisotopic (exact) mass is 252 g/mol. The number of hydrogen-bond donors (Lipinski definition) is 2. The molecular formula is C15H28N2O. The molecule has 0 aromatic carbocycles. The summed E-state index contributed by atoms with van der Waals surface area (Å²) in [4.78, 5) is 12.7. The normalized spacial score (nSPS) is 30.6. The SMILES string of the molecule is CCCC1(C(=O)NC2(CC)CCC2)CCCNC1. The minimum Gasteiger partial charge on any atom is -0.350 e. The van der Waals surface area contributed by atoms with Crippen molar-refractivity contribution in [2.75, 3.05) is 13.1 Å². The molecule has 1 aliphatic carbocycles. The first-order chi connectivity index (χ1) is 8.66. The van der Waals surface area contributed by atoms with E-state index >= 15 is 0 Å². The van der Waals surface area contributed by atoms with Crippen molar-refractivity contribution in [3.63, 3.8) is 0 Å². The molecule has 2 aliphatic rings. The summed E-state index contributed by atoms with van der Waals surface area (Å²) >= 11 is 0. The number of carbonyl (C=O) groups is 1. The molecule has 0 spiro atoms. The molecule has 0 aromatic heterocycles. The van der Waals surface area contributed by atoms with E-state index in [0.29, 0.717) is 5.91 Å². The van der Waals surface area contributed by atoms with Gasteiger partial charge in [0, 0.05) is 12.1 Å². The van der Waals surface area contributed by atoms with Crippen molar-refractivity contribution in [3.8, 4) is 0 Å². The van der Waals surface area contributed by atoms with Crippen LogP contribution in [0.3, 0.4) is 0 Å². The maximum Gasteiger partial charge on any atom is 0.227 e. The van der Waals surface area contributed by atoms with Crippen LogP contribution >= 0.6 is 0 Å². The average molecular weight is 252 g/mol. The van der Waals surface area contributed by atoms with Gasteiger partial charge in [0.2, 0.25) is 5.91 Å². The van der Waals surface area contributed by atoms with Gasteiger partial charge in [-0.05, 0) is 51.5 Å². The molecular weight excluding hydrogens is 224 g/mol. The molecule has 104 valence electrons. The van der Waals surface area contributed by atoms with Crippen LogP contribution in [0.2, 0.25) is 0 Å². The second-order valence-corrected chi connectivity index (χ2v) is 6.25. The lowest BCUT2D eigenvalue weighted by Crippen LogP contribution is -2.59. The Bertz CT molecular complexity index is 280. The minimum atomic E-state index is -0.134. The topological polar surface area (TPSA) is 41.1 Å². The van der Waals surface area contributed by atoms with Gasteiger partial charge in [0.15, 0.2) is 0 Å². The number of hydrogen-bond acceptors (Lipinski definition) is 2. The molecule has 1 saturated carbocycles. The fraction of sp³-hybridized carbons (Fsp3) is 0.933. The van der Waals surface area contributed by atoms with E-state index in [4.69, 9.17) is 0 Å². The fourth-order valence-electron chi connectivity index (χ4n) is 3.51. The average Bonchev–Trinajstić information content (AvgIpc) is 2.35. The highest BCUT2D eigenvalue weighted by molar-refractivity contribution is 5.83. The van der Waals surface area contributed by atoms with Crippen LogP contribution in [0.4, 0.5) is 0 Å². The van der Waals surface area contributed by atoms with Crippen LogP contribution in [-0.2, 0) is 4.79 Å². The molecule has 0 radical (unpaired) electrons. The Morgan fingerprint density at radius 3 is 2.44 bits per heavy atom. The van der Waals surface area contributed by atoms with Crippen molar-refractivity contribution in [2.24, 2.45) is 5.41 Å². The van der Waals surface area contributed by atoms with Gasteiger partial charge >= 0.3 is 0 Å². The molecule has 2 fully saturated rings. The zero-order valence-corrected chi connectivity index (χ0v) is 12.0. The summed E-state index contributed by atoms with van der Waals surface area (Å²) in [6, 6.07) is 0. The summed E-state index contributed by atoms with van der Waals surface area (Å²) in [5.41, 5.74) is 0.0000317. The predicted molar refractivity (Wildman–Crippen MR) is 74.5 cm³/mol. The first-order valence-electron chi connectivity index (χ1n) is 7.70. The Morgan fingerprint density at radius 2 is 2.00 bits per heavy atom. The van der Waals surface area contributed by atoms with Crippen molar-refractivity contribution in [2.45, 2.75) is 70.8 Å². The highest BCUT2D eigenvalue weighted by atomic mass is 16.2. The second-order valence-electron chi connectivity index (χ2n) is 6.25. The standard InChI is InChI=1S/C15H28N2O/c1-3-7-14(8-6-11-16-12-14)13(18)17-15(4-2)9-5-10-15/h16H,3-12H2,1-2H3,(H,17,18). The summed E-state index contributed by atoms with van der Waals surface area (Å²) in [6.45, 7) is 6.32. The van der Waals surface area contributed by atoms with Crippen LogP contribution in [-0.4, -0.2) is 24.5 Å². The predicted octanol–water partition coefficient (Wildman–Crippen LogP) is 2.61. The quantitative estimate of drug-likeness (QED) is 0.789. The molecule has 1 amide bonds. The van der Waals surface area contributed by atoms with Gasteiger partial charge in [-0.3, -0.25) is 4.79 Å². The third kappa shape index (κ3) is 2.56. The van der Waals surface area contributed by atoms with E-state index in [9.17, 15) is 4.79 Å². The van der Waals surface area contributed by atoms with Gasteiger partial charge in [-0.15, -0.1) is 0 Å². The zero-order valence-electron chi connectivity index (χ0n) is 12.0. The molecule has 3 heteroatoms. The van der Waals surface area contributed by atoms with E-state index in [-0.39, 0.29) is 11.0 Å². The van der Waals surface area contributed by atoms with Crippen molar-refractivity contribution < 1.29 is 4.79 Å². The highest BCUT2D eigenvalue weighted by Crippen LogP contribution is 2.38. The van der Waals surface area contributed by atoms with Crippen LogP contribution in [0.15, 0.2) is 0 Å². The van der Waals surface area contributed by atoms with Crippen LogP contribution < -0.4 is 10.6 Å². The van der Waals surface area contributed by atoms with Gasteiger partial charge in [0.05, 0.1) is 5.41 Å². The maximum atomic E-state index is 12.7. The van der Waals surface area contributed by atoms with E-state index < -0.39 is 0 Å². The zero-order chi connectivity index (χ0) is 13.1. The highest BCUT2D eigenvalue weighted by Gasteiger charge is 2.44. The van der Waals surface area contributed by atoms with Crippen molar-refractivity contribution in [3.05, 3.63) is 0 Å². The molecule has 1 saturated heterocycles. The lowest BCUT2D eigenvalue weighted by molar-refractivity contribution is -0.136. The number of piperidine rings is 1. The van der Waals surface area contributed by atoms with E-state index in [1.807, 2.05) is 0 Å². The first-order valence-corrected chi connectivity index (χ1v) is 7.70. The smallest absolute Gasteiger partial charge is 0.227 e. The van der Waals surface area contributed by atoms with Crippen LogP contribution in [0.5, 0.6) is 0 Å². The molecule has 0 aromatic rings. The number of carbonyl (C=O) groups excluding carboxylic acids is 1. The van der Waals surface area contributed by atoms with E-state index in [2.05, 4.69) is 24.5 Å². The molecule has 0 bridgehead atoms. The molecule has 1 heterocycles. The Kier molecular flexibility index (Phi) is 4.31. The van der Waals surface area contributed by atoms with Gasteiger partial charge in [0.1, 0.15) is 0 Å². The van der Waals surface area contributed by atoms with Crippen LogP contribution in [0.1, 0.15) is 65.2 Å². The van der Waals surface area contributed by atoms with Gasteiger partial charge < -0.3 is 10.6 Å². The van der Waals surface area contributed by atoms with Crippen LogP contribution in [0, 0.1) is 5.41 Å². The maximum absolute atomic E-state index is 12.7. The largest absolute Gasteiger partial charge is 0.350 e. The minimum absolute atomic E-state index is 0.134. The molecule has 1 atom stereocenters. The number of nitrogens with one attached hydrogen (secondary N) is 2. The molecule has 1 unspecified atom stereocenters.